The molecule has 1 unspecified atom stereocenters. The Morgan fingerprint density at radius 2 is 2.43 bits per heavy atom. The highest BCUT2D eigenvalue weighted by atomic mass is 19.1. The zero-order valence-corrected chi connectivity index (χ0v) is 4.26. The van der Waals surface area contributed by atoms with E-state index in [9.17, 15) is 4.39 Å². The fourth-order valence-electron chi connectivity index (χ4n) is 0.248. The number of hydrogen-bond donors (Lipinski definition) is 1. The van der Waals surface area contributed by atoms with Crippen LogP contribution in [0.1, 0.15) is 13.3 Å². The number of hydrogen-bond acceptors (Lipinski definition) is 1. The third-order valence-electron chi connectivity index (χ3n) is 0.531. The van der Waals surface area contributed by atoms with Crippen LogP contribution in [-0.4, -0.2) is 11.5 Å². The average molecular weight is 104 g/mol. The van der Waals surface area contributed by atoms with E-state index >= 15 is 0 Å². The van der Waals surface area contributed by atoms with Gasteiger partial charge in [-0.2, -0.15) is 0 Å². The minimum Gasteiger partial charge on any atom is -0.361 e. The van der Waals surface area contributed by atoms with Crippen molar-refractivity contribution in [3.05, 3.63) is 12.2 Å². The lowest BCUT2D eigenvalue weighted by molar-refractivity contribution is 0.0881. The van der Waals surface area contributed by atoms with Gasteiger partial charge in [0.2, 0.25) is 6.36 Å². The summed E-state index contributed by atoms with van der Waals surface area (Å²) in [5.74, 6) is 0. The Morgan fingerprint density at radius 3 is 2.57 bits per heavy atom. The average Bonchev–Trinajstić information content (AvgIpc) is 1.61. The molecule has 1 nitrogen and oxygen atoms in total. The van der Waals surface area contributed by atoms with Crippen molar-refractivity contribution in [1.29, 1.82) is 0 Å². The van der Waals surface area contributed by atoms with Gasteiger partial charge in [0.05, 0.1) is 0 Å². The van der Waals surface area contributed by atoms with E-state index in [1.54, 1.807) is 6.08 Å². The third-order valence-corrected chi connectivity index (χ3v) is 0.531. The van der Waals surface area contributed by atoms with Gasteiger partial charge in [-0.1, -0.05) is 13.0 Å². The molecule has 0 aliphatic rings. The Morgan fingerprint density at radius 1 is 1.86 bits per heavy atom. The van der Waals surface area contributed by atoms with Crippen LogP contribution < -0.4 is 0 Å². The quantitative estimate of drug-likeness (QED) is 0.522. The maximum Gasteiger partial charge on any atom is 0.215 e. The first-order chi connectivity index (χ1) is 3.27. The minimum atomic E-state index is -1.78. The Balaban J connectivity index is 3.08. The largest absolute Gasteiger partial charge is 0.361 e. The summed E-state index contributed by atoms with van der Waals surface area (Å²) in [6.07, 6.45) is 1.67. The summed E-state index contributed by atoms with van der Waals surface area (Å²) >= 11 is 0. The second-order valence-corrected chi connectivity index (χ2v) is 1.21. The number of rotatable bonds is 2. The lowest BCUT2D eigenvalue weighted by atomic mass is 10.4. The van der Waals surface area contributed by atoms with Gasteiger partial charge >= 0.3 is 0 Å². The van der Waals surface area contributed by atoms with Gasteiger partial charge in [-0.05, 0) is 12.5 Å². The molecule has 1 atom stereocenters. The lowest BCUT2D eigenvalue weighted by Crippen LogP contribution is -1.87. The van der Waals surface area contributed by atoms with Gasteiger partial charge in [0.15, 0.2) is 0 Å². The van der Waals surface area contributed by atoms with Crippen LogP contribution in [-0.2, 0) is 0 Å². The van der Waals surface area contributed by atoms with Gasteiger partial charge in [0.25, 0.3) is 0 Å². The van der Waals surface area contributed by atoms with Crippen molar-refractivity contribution < 1.29 is 9.50 Å². The van der Waals surface area contributed by atoms with E-state index in [2.05, 4.69) is 0 Å². The summed E-state index contributed by atoms with van der Waals surface area (Å²) in [5.41, 5.74) is 0. The molecule has 0 heterocycles. The van der Waals surface area contributed by atoms with Crippen molar-refractivity contribution in [2.75, 3.05) is 0 Å². The summed E-state index contributed by atoms with van der Waals surface area (Å²) in [6.45, 7) is 1.87. The Bertz CT molecular complexity index is 59.1. The smallest absolute Gasteiger partial charge is 0.215 e. The maximum absolute atomic E-state index is 11.4. The Hall–Kier alpha value is -0.370. The van der Waals surface area contributed by atoms with Gasteiger partial charge in [-0.25, -0.2) is 4.39 Å². The molecule has 0 amide bonds. The number of aliphatic hydroxyl groups excluding tert-OH is 1. The molecule has 0 aliphatic heterocycles. The molecule has 0 aromatic carbocycles. The fraction of sp³-hybridized carbons (Fsp3) is 0.600. The summed E-state index contributed by atoms with van der Waals surface area (Å²) in [5, 5.41) is 7.93. The Labute approximate surface area is 42.5 Å². The van der Waals surface area contributed by atoms with E-state index in [0.29, 0.717) is 0 Å². The molecular formula is C5H9FO. The number of halogens is 1. The second kappa shape index (κ2) is 3.81. The van der Waals surface area contributed by atoms with E-state index in [-0.39, 0.29) is 0 Å². The van der Waals surface area contributed by atoms with Crippen molar-refractivity contribution >= 4 is 0 Å². The zero-order valence-electron chi connectivity index (χ0n) is 4.26. The number of alkyl halides is 1. The standard InChI is InChI=1S/C5H9FO/c1-2-3-4-5(6)7/h3-5,7H,2H2,1H3. The topological polar surface area (TPSA) is 20.2 Å². The van der Waals surface area contributed by atoms with Crippen LogP contribution in [0.3, 0.4) is 0 Å². The highest BCUT2D eigenvalue weighted by Crippen LogP contribution is 1.87. The van der Waals surface area contributed by atoms with Crippen LogP contribution >= 0.6 is 0 Å². The summed E-state index contributed by atoms with van der Waals surface area (Å²) in [6, 6.07) is 0. The maximum atomic E-state index is 11.4. The van der Waals surface area contributed by atoms with Crippen LogP contribution in [0, 0.1) is 0 Å². The number of allylic oxidation sites excluding steroid dienone is 1. The summed E-state index contributed by atoms with van der Waals surface area (Å²) in [7, 11) is 0. The van der Waals surface area contributed by atoms with Crippen LogP contribution in [0.25, 0.3) is 0 Å². The van der Waals surface area contributed by atoms with Crippen molar-refractivity contribution in [3.63, 3.8) is 0 Å². The molecule has 0 rings (SSSR count). The molecular weight excluding hydrogens is 95.1 g/mol. The molecule has 42 valence electrons. The molecule has 0 radical (unpaired) electrons. The fourth-order valence-corrected chi connectivity index (χ4v) is 0.248. The lowest BCUT2D eigenvalue weighted by Gasteiger charge is -1.84. The van der Waals surface area contributed by atoms with Crippen molar-refractivity contribution in [2.45, 2.75) is 19.7 Å². The number of aliphatic hydroxyl groups is 1. The molecule has 7 heavy (non-hydrogen) atoms. The third kappa shape index (κ3) is 5.63. The van der Waals surface area contributed by atoms with Gasteiger partial charge < -0.3 is 5.11 Å². The SMILES string of the molecule is CCC=CC(O)F. The first-order valence-electron chi connectivity index (χ1n) is 2.26. The normalized spacial score (nSPS) is 15.3. The first-order valence-corrected chi connectivity index (χ1v) is 2.26. The molecule has 0 bridgehead atoms. The molecule has 1 N–H and O–H groups in total. The second-order valence-electron chi connectivity index (χ2n) is 1.21. The van der Waals surface area contributed by atoms with E-state index in [0.717, 1.165) is 12.5 Å². The zero-order chi connectivity index (χ0) is 5.70. The highest BCUT2D eigenvalue weighted by molar-refractivity contribution is 4.81. The highest BCUT2D eigenvalue weighted by Gasteiger charge is 1.85. The predicted molar refractivity (Wildman–Crippen MR) is 26.5 cm³/mol. The molecule has 0 aliphatic carbocycles. The molecule has 2 heteroatoms. The van der Waals surface area contributed by atoms with Crippen molar-refractivity contribution in [2.24, 2.45) is 0 Å². The minimum absolute atomic E-state index is 0.765. The Kier molecular flexibility index (Phi) is 3.61. The van der Waals surface area contributed by atoms with E-state index in [4.69, 9.17) is 5.11 Å². The summed E-state index contributed by atoms with van der Waals surface area (Å²) in [4.78, 5) is 0. The van der Waals surface area contributed by atoms with E-state index < -0.39 is 6.36 Å². The molecule has 0 aromatic rings. The van der Waals surface area contributed by atoms with E-state index in [1.165, 1.54) is 0 Å². The predicted octanol–water partition coefficient (Wildman–Crippen LogP) is 1.24. The molecule has 0 saturated carbocycles. The van der Waals surface area contributed by atoms with Crippen molar-refractivity contribution in [3.8, 4) is 0 Å². The molecule has 0 fully saturated rings. The summed E-state index contributed by atoms with van der Waals surface area (Å²) < 4.78 is 11.4. The van der Waals surface area contributed by atoms with Gasteiger partial charge in [-0.15, -0.1) is 0 Å². The van der Waals surface area contributed by atoms with Crippen LogP contribution in [0.4, 0.5) is 4.39 Å². The van der Waals surface area contributed by atoms with Gasteiger partial charge in [0.1, 0.15) is 0 Å². The van der Waals surface area contributed by atoms with E-state index in [1.807, 2.05) is 6.92 Å². The molecule has 0 saturated heterocycles. The van der Waals surface area contributed by atoms with Crippen LogP contribution in [0.15, 0.2) is 12.2 Å². The molecule has 0 aromatic heterocycles. The van der Waals surface area contributed by atoms with Crippen LogP contribution in [0.2, 0.25) is 0 Å². The van der Waals surface area contributed by atoms with Crippen molar-refractivity contribution in [1.82, 2.24) is 0 Å². The van der Waals surface area contributed by atoms with Gasteiger partial charge in [0, 0.05) is 0 Å². The van der Waals surface area contributed by atoms with Crippen LogP contribution in [0.5, 0.6) is 0 Å². The van der Waals surface area contributed by atoms with Gasteiger partial charge in [-0.3, -0.25) is 0 Å². The molecule has 0 spiro atoms. The monoisotopic (exact) mass is 104 g/mol. The first kappa shape index (κ1) is 6.63.